The predicted molar refractivity (Wildman–Crippen MR) is 496 cm³/mol. The van der Waals surface area contributed by atoms with Gasteiger partial charge >= 0.3 is 0 Å². The van der Waals surface area contributed by atoms with Crippen molar-refractivity contribution in [2.75, 3.05) is 0 Å². The van der Waals surface area contributed by atoms with E-state index in [0.29, 0.717) is 0 Å². The van der Waals surface area contributed by atoms with E-state index in [4.69, 9.17) is 0 Å². The standard InChI is InChI=1S/C58H41N.C57H40N2/c1-58(2)51-23-12-11-22-48(51)56-52(58)31-33-54-57(56)50-36-42(27-32-53(50)59(54)44-28-24-39(25-29-44)37-14-5-3-6-15-37)41-26-30-47-49(35-41)45-20-9-10-21-46(45)55(47)43-19-13-18-40(34-43)38-16-7-4-8-17-38;1-57(2)50-22-11-9-20-45(50)47-30-33-54-55(56(47)57)49-36-42(27-32-53(49)58(54)43-28-24-39(25-29-43)37-14-5-3-6-15-37)41-26-31-52-48(35-41)46-21-10-12-23-51(46)59(52)44-19-13-18-40(34-44)38-16-7-4-8-17-38/h3-36,55H,1-2H3;3-36H,1-2H3. The van der Waals surface area contributed by atoms with Crippen molar-refractivity contribution in [1.82, 2.24) is 13.7 Å². The number of aromatic nitrogens is 3. The van der Waals surface area contributed by atoms with Gasteiger partial charge in [-0.2, -0.15) is 0 Å². The van der Waals surface area contributed by atoms with Gasteiger partial charge in [0.1, 0.15) is 0 Å². The van der Waals surface area contributed by atoms with Gasteiger partial charge in [0.05, 0.1) is 33.1 Å². The van der Waals surface area contributed by atoms with Gasteiger partial charge in [-0.25, -0.2) is 0 Å². The molecule has 3 aliphatic rings. The first-order valence-corrected chi connectivity index (χ1v) is 41.4. The van der Waals surface area contributed by atoms with Crippen LogP contribution < -0.4 is 0 Å². The van der Waals surface area contributed by atoms with Gasteiger partial charge in [0, 0.05) is 66.1 Å². The van der Waals surface area contributed by atoms with Crippen molar-refractivity contribution >= 4 is 65.4 Å². The molecule has 0 radical (unpaired) electrons. The number of nitrogens with zero attached hydrogens (tertiary/aromatic N) is 3. The first-order chi connectivity index (χ1) is 58.1. The second kappa shape index (κ2) is 27.0. The SMILES string of the molecule is CC1(C)c2ccccc2-c2c1ccc1c2c2cc(-c3ccc4c(c3)-c3ccccc3C4c3cccc(-c4ccccc4)c3)ccc2n1-c1ccc(-c2ccccc2)cc1.CC1(C)c2ccccc2-c2ccc3c(c21)c1cc(-c2ccc4c(c2)c2ccccc2n4-c2cccc(-c4ccccc4)c2)ccc1n3-c1ccc(-c2ccccc2)cc1. The van der Waals surface area contributed by atoms with Crippen LogP contribution in [0.25, 0.3) is 183 Å². The van der Waals surface area contributed by atoms with Crippen molar-refractivity contribution in [3.05, 3.63) is 451 Å². The molecule has 118 heavy (non-hydrogen) atoms. The number of rotatable bonds is 10. The zero-order valence-electron chi connectivity index (χ0n) is 66.2. The Morgan fingerprint density at radius 1 is 0.203 bits per heavy atom. The quantitative estimate of drug-likeness (QED) is 0.130. The summed E-state index contributed by atoms with van der Waals surface area (Å²) in [6, 6.07) is 153. The molecule has 18 aromatic carbocycles. The maximum atomic E-state index is 2.48. The topological polar surface area (TPSA) is 14.8 Å². The lowest BCUT2D eigenvalue weighted by molar-refractivity contribution is 0.661. The summed E-state index contributed by atoms with van der Waals surface area (Å²) in [5, 5.41) is 7.73. The molecule has 0 N–H and O–H groups in total. The lowest BCUT2D eigenvalue weighted by Crippen LogP contribution is -2.15. The molecule has 1 atom stereocenters. The van der Waals surface area contributed by atoms with Crippen LogP contribution in [0.4, 0.5) is 0 Å². The minimum Gasteiger partial charge on any atom is -0.309 e. The summed E-state index contributed by atoms with van der Waals surface area (Å²) in [4.78, 5) is 0. The van der Waals surface area contributed by atoms with Gasteiger partial charge in [0.25, 0.3) is 0 Å². The van der Waals surface area contributed by atoms with Gasteiger partial charge in [0.2, 0.25) is 0 Å². The highest BCUT2D eigenvalue weighted by molar-refractivity contribution is 6.20. The van der Waals surface area contributed by atoms with E-state index in [1.54, 1.807) is 0 Å². The highest BCUT2D eigenvalue weighted by atomic mass is 15.0. The van der Waals surface area contributed by atoms with Crippen LogP contribution in [0.2, 0.25) is 0 Å². The molecule has 3 aromatic heterocycles. The molecule has 3 heterocycles. The Hall–Kier alpha value is -14.6. The summed E-state index contributed by atoms with van der Waals surface area (Å²) >= 11 is 0. The van der Waals surface area contributed by atoms with Crippen molar-refractivity contribution in [2.24, 2.45) is 0 Å². The van der Waals surface area contributed by atoms with Gasteiger partial charge in [-0.05, 0) is 236 Å². The predicted octanol–water partition coefficient (Wildman–Crippen LogP) is 30.4. The molecule has 0 fully saturated rings. The van der Waals surface area contributed by atoms with E-state index in [0.717, 1.165) is 11.4 Å². The highest BCUT2D eigenvalue weighted by Gasteiger charge is 2.40. The zero-order valence-corrected chi connectivity index (χ0v) is 66.2. The van der Waals surface area contributed by atoms with Crippen LogP contribution in [0.1, 0.15) is 72.6 Å². The Bertz CT molecular complexity index is 7620. The number of benzene rings is 18. The Balaban J connectivity index is 0.000000138. The molecule has 21 aromatic rings. The first-order valence-electron chi connectivity index (χ1n) is 41.4. The largest absolute Gasteiger partial charge is 0.309 e. The molecule has 3 heteroatoms. The molecule has 0 aliphatic heterocycles. The average Bonchev–Trinajstić information content (AvgIpc) is 1.54. The molecule has 3 aliphatic carbocycles. The fourth-order valence-electron chi connectivity index (χ4n) is 20.6. The second-order valence-electron chi connectivity index (χ2n) is 33.4. The Kier molecular flexibility index (Phi) is 15.8. The summed E-state index contributed by atoms with van der Waals surface area (Å²) in [5.41, 5.74) is 43.0. The van der Waals surface area contributed by atoms with E-state index in [-0.39, 0.29) is 16.7 Å². The van der Waals surface area contributed by atoms with Gasteiger partial charge in [-0.3, -0.25) is 0 Å². The molecule has 0 amide bonds. The van der Waals surface area contributed by atoms with Crippen LogP contribution in [0, 0.1) is 0 Å². The molecular weight excluding hydrogens is 1420 g/mol. The zero-order chi connectivity index (χ0) is 78.5. The van der Waals surface area contributed by atoms with Crippen molar-refractivity contribution in [3.8, 4) is 117 Å². The van der Waals surface area contributed by atoms with E-state index in [1.807, 2.05) is 0 Å². The normalized spacial score (nSPS) is 13.8. The molecule has 0 bridgehead atoms. The molecule has 1 unspecified atom stereocenters. The van der Waals surface area contributed by atoms with Gasteiger partial charge in [-0.1, -0.05) is 343 Å². The number of fused-ring (bicyclic) bond motifs is 20. The molecule has 3 nitrogen and oxygen atoms in total. The van der Waals surface area contributed by atoms with Crippen LogP contribution in [0.5, 0.6) is 0 Å². The third-order valence-electron chi connectivity index (χ3n) is 26.2. The average molecular weight is 1500 g/mol. The minimum atomic E-state index is -0.156. The van der Waals surface area contributed by atoms with Crippen molar-refractivity contribution < 1.29 is 0 Å². The monoisotopic (exact) mass is 1500 g/mol. The smallest absolute Gasteiger partial charge is 0.0547 e. The van der Waals surface area contributed by atoms with E-state index >= 15 is 0 Å². The van der Waals surface area contributed by atoms with Gasteiger partial charge in [-0.15, -0.1) is 0 Å². The Morgan fingerprint density at radius 3 is 1.22 bits per heavy atom. The lowest BCUT2D eigenvalue weighted by atomic mass is 9.80. The highest BCUT2D eigenvalue weighted by Crippen LogP contribution is 2.57. The van der Waals surface area contributed by atoms with Gasteiger partial charge < -0.3 is 13.7 Å². The summed E-state index contributed by atoms with van der Waals surface area (Å²) in [7, 11) is 0. The third kappa shape index (κ3) is 10.8. The third-order valence-corrected chi connectivity index (χ3v) is 26.2. The molecule has 0 spiro atoms. The number of para-hydroxylation sites is 1. The van der Waals surface area contributed by atoms with Crippen LogP contribution >= 0.6 is 0 Å². The van der Waals surface area contributed by atoms with Crippen molar-refractivity contribution in [3.63, 3.8) is 0 Å². The summed E-state index contributed by atoms with van der Waals surface area (Å²) in [5.74, 6) is 0.179. The summed E-state index contributed by atoms with van der Waals surface area (Å²) in [6.45, 7) is 9.56. The van der Waals surface area contributed by atoms with Crippen LogP contribution in [0.3, 0.4) is 0 Å². The van der Waals surface area contributed by atoms with Crippen LogP contribution in [0.15, 0.2) is 413 Å². The number of hydrogen-bond acceptors (Lipinski definition) is 0. The van der Waals surface area contributed by atoms with Crippen LogP contribution in [-0.2, 0) is 10.8 Å². The second-order valence-corrected chi connectivity index (χ2v) is 33.4. The maximum absolute atomic E-state index is 2.48. The van der Waals surface area contributed by atoms with E-state index in [1.165, 1.54) is 210 Å². The maximum Gasteiger partial charge on any atom is 0.0547 e. The van der Waals surface area contributed by atoms with E-state index < -0.39 is 0 Å². The molecule has 0 saturated heterocycles. The lowest BCUT2D eigenvalue weighted by Gasteiger charge is -2.22. The number of hydrogen-bond donors (Lipinski definition) is 0. The molecule has 0 saturated carbocycles. The summed E-state index contributed by atoms with van der Waals surface area (Å²) < 4.78 is 7.37. The molecule has 24 rings (SSSR count). The van der Waals surface area contributed by atoms with E-state index in [2.05, 4.69) is 454 Å². The minimum absolute atomic E-state index is 0.0893. The van der Waals surface area contributed by atoms with E-state index in [9.17, 15) is 0 Å². The van der Waals surface area contributed by atoms with Crippen molar-refractivity contribution in [2.45, 2.75) is 44.4 Å². The summed E-state index contributed by atoms with van der Waals surface area (Å²) in [6.07, 6.45) is 0. The Morgan fingerprint density at radius 2 is 0.602 bits per heavy atom. The van der Waals surface area contributed by atoms with Crippen molar-refractivity contribution in [1.29, 1.82) is 0 Å². The van der Waals surface area contributed by atoms with Crippen LogP contribution in [-0.4, -0.2) is 13.7 Å². The van der Waals surface area contributed by atoms with Gasteiger partial charge in [0.15, 0.2) is 0 Å². The Labute approximate surface area is 687 Å². The fraction of sp³-hybridized carbons (Fsp3) is 0.0609. The molecular formula is C115H81N3. The first kappa shape index (κ1) is 68.9. The molecule has 556 valence electrons. The fourth-order valence-corrected chi connectivity index (χ4v) is 20.6.